The lowest BCUT2D eigenvalue weighted by molar-refractivity contribution is 0.0999. The quantitative estimate of drug-likeness (QED) is 0.898. The molecule has 0 radical (unpaired) electrons. The van der Waals surface area contributed by atoms with Crippen LogP contribution in [0.15, 0.2) is 30.3 Å². The molecule has 2 aromatic rings. The summed E-state index contributed by atoms with van der Waals surface area (Å²) in [7, 11) is 0. The van der Waals surface area contributed by atoms with E-state index in [1.165, 1.54) is 12.8 Å². The van der Waals surface area contributed by atoms with Crippen molar-refractivity contribution in [3.8, 4) is 11.3 Å². The van der Waals surface area contributed by atoms with E-state index in [9.17, 15) is 4.79 Å². The van der Waals surface area contributed by atoms with E-state index in [2.05, 4.69) is 16.7 Å². The molecule has 1 aromatic heterocycles. The molecule has 3 rings (SSSR count). The highest BCUT2D eigenvalue weighted by Gasteiger charge is 2.31. The highest BCUT2D eigenvalue weighted by atomic mass is 16.1. The molecule has 3 nitrogen and oxygen atoms in total. The van der Waals surface area contributed by atoms with Crippen molar-refractivity contribution < 1.29 is 4.79 Å². The van der Waals surface area contributed by atoms with Crippen molar-refractivity contribution >= 4 is 5.91 Å². The molecule has 1 aliphatic carbocycles. The summed E-state index contributed by atoms with van der Waals surface area (Å²) in [5, 5.41) is 0. The summed E-state index contributed by atoms with van der Waals surface area (Å²) in [4.78, 5) is 11.7. The number of primary amides is 1. The Hall–Kier alpha value is -2.03. The van der Waals surface area contributed by atoms with Crippen molar-refractivity contribution in [3.63, 3.8) is 0 Å². The molecular weight excluding hydrogens is 236 g/mol. The maximum atomic E-state index is 11.7. The Bertz CT molecular complexity index is 637. The van der Waals surface area contributed by atoms with Crippen LogP contribution in [-0.2, 0) is 0 Å². The van der Waals surface area contributed by atoms with E-state index in [0.29, 0.717) is 11.6 Å². The van der Waals surface area contributed by atoms with Gasteiger partial charge in [0, 0.05) is 11.7 Å². The normalized spacial score (nSPS) is 14.6. The van der Waals surface area contributed by atoms with Crippen LogP contribution in [0.1, 0.15) is 40.5 Å². The predicted octanol–water partition coefficient (Wildman–Crippen LogP) is 3.21. The van der Waals surface area contributed by atoms with Crippen molar-refractivity contribution in [2.75, 3.05) is 0 Å². The Kier molecular flexibility index (Phi) is 2.70. The largest absolute Gasteiger partial charge is 0.366 e. The molecule has 0 spiro atoms. The van der Waals surface area contributed by atoms with Crippen LogP contribution in [0.2, 0.25) is 0 Å². The summed E-state index contributed by atoms with van der Waals surface area (Å²) in [6.07, 6.45) is 2.37. The number of benzene rings is 1. The van der Waals surface area contributed by atoms with E-state index in [4.69, 9.17) is 5.73 Å². The molecule has 1 fully saturated rings. The number of nitrogens with zero attached hydrogens (tertiary/aromatic N) is 1. The first kappa shape index (κ1) is 12.0. The highest BCUT2D eigenvalue weighted by molar-refractivity contribution is 5.98. The van der Waals surface area contributed by atoms with Crippen LogP contribution in [0.25, 0.3) is 11.3 Å². The van der Waals surface area contributed by atoms with Gasteiger partial charge in [0.2, 0.25) is 0 Å². The molecule has 0 aliphatic heterocycles. The van der Waals surface area contributed by atoms with Crippen molar-refractivity contribution in [1.82, 2.24) is 4.57 Å². The van der Waals surface area contributed by atoms with Crippen LogP contribution in [0, 0.1) is 13.8 Å². The third-order valence-corrected chi connectivity index (χ3v) is 3.90. The molecule has 1 amide bonds. The second-order valence-electron chi connectivity index (χ2n) is 5.27. The maximum absolute atomic E-state index is 11.7. The highest BCUT2D eigenvalue weighted by Crippen LogP contribution is 2.43. The second-order valence-corrected chi connectivity index (χ2v) is 5.27. The zero-order valence-electron chi connectivity index (χ0n) is 11.3. The van der Waals surface area contributed by atoms with Gasteiger partial charge in [-0.15, -0.1) is 0 Å². The molecule has 0 unspecified atom stereocenters. The van der Waals surface area contributed by atoms with Gasteiger partial charge in [-0.05, 0) is 37.8 Å². The Morgan fingerprint density at radius 2 is 1.84 bits per heavy atom. The molecule has 1 heterocycles. The van der Waals surface area contributed by atoms with Gasteiger partial charge in [-0.1, -0.05) is 30.3 Å². The molecule has 2 N–H and O–H groups in total. The zero-order chi connectivity index (χ0) is 13.6. The van der Waals surface area contributed by atoms with Crippen molar-refractivity contribution in [2.24, 2.45) is 5.73 Å². The molecule has 0 bridgehead atoms. The first-order valence-electron chi connectivity index (χ1n) is 6.68. The van der Waals surface area contributed by atoms with E-state index >= 15 is 0 Å². The summed E-state index contributed by atoms with van der Waals surface area (Å²) in [6, 6.07) is 10.8. The first-order chi connectivity index (χ1) is 9.11. The monoisotopic (exact) mass is 254 g/mol. The standard InChI is InChI=1S/C16H18N2O/c1-10-14(16(17)19)11(2)18(13-8-9-13)15(10)12-6-4-3-5-7-12/h3-7,13H,8-9H2,1-2H3,(H2,17,19). The van der Waals surface area contributed by atoms with Gasteiger partial charge < -0.3 is 10.3 Å². The van der Waals surface area contributed by atoms with Crippen molar-refractivity contribution in [3.05, 3.63) is 47.2 Å². The predicted molar refractivity (Wildman–Crippen MR) is 76.1 cm³/mol. The lowest BCUT2D eigenvalue weighted by Gasteiger charge is -2.11. The van der Waals surface area contributed by atoms with E-state index < -0.39 is 0 Å². The summed E-state index contributed by atoms with van der Waals surface area (Å²) in [6.45, 7) is 3.99. The number of rotatable bonds is 3. The van der Waals surface area contributed by atoms with Crippen LogP contribution in [0.3, 0.4) is 0 Å². The number of amides is 1. The topological polar surface area (TPSA) is 48.0 Å². The summed E-state index contributed by atoms with van der Waals surface area (Å²) in [5.74, 6) is -0.327. The Balaban J connectivity index is 2.28. The molecule has 0 saturated heterocycles. The van der Waals surface area contributed by atoms with Crippen LogP contribution in [0.4, 0.5) is 0 Å². The SMILES string of the molecule is Cc1c(C(N)=O)c(C)n(C2CC2)c1-c1ccccc1. The van der Waals surface area contributed by atoms with E-state index in [0.717, 1.165) is 22.5 Å². The van der Waals surface area contributed by atoms with E-state index in [1.807, 2.05) is 32.0 Å². The average molecular weight is 254 g/mol. The van der Waals surface area contributed by atoms with Crippen molar-refractivity contribution in [2.45, 2.75) is 32.7 Å². The number of carbonyl (C=O) groups is 1. The number of aromatic nitrogens is 1. The van der Waals surface area contributed by atoms with Crippen LogP contribution >= 0.6 is 0 Å². The molecule has 0 atom stereocenters. The number of nitrogens with two attached hydrogens (primary N) is 1. The van der Waals surface area contributed by atoms with Gasteiger partial charge in [-0.25, -0.2) is 0 Å². The maximum Gasteiger partial charge on any atom is 0.250 e. The van der Waals surface area contributed by atoms with Gasteiger partial charge in [-0.3, -0.25) is 4.79 Å². The minimum atomic E-state index is -0.327. The summed E-state index contributed by atoms with van der Waals surface area (Å²) >= 11 is 0. The Morgan fingerprint density at radius 1 is 1.21 bits per heavy atom. The fraction of sp³-hybridized carbons (Fsp3) is 0.312. The second kappa shape index (κ2) is 4.26. The van der Waals surface area contributed by atoms with Gasteiger partial charge >= 0.3 is 0 Å². The molecule has 1 saturated carbocycles. The molecular formula is C16H18N2O. The Labute approximate surface area is 113 Å². The lowest BCUT2D eigenvalue weighted by atomic mass is 10.1. The minimum Gasteiger partial charge on any atom is -0.366 e. The van der Waals surface area contributed by atoms with Gasteiger partial charge in [0.25, 0.3) is 5.91 Å². The number of hydrogen-bond acceptors (Lipinski definition) is 1. The van der Waals surface area contributed by atoms with Gasteiger partial charge in [0.15, 0.2) is 0 Å². The van der Waals surface area contributed by atoms with Gasteiger partial charge in [0.1, 0.15) is 0 Å². The van der Waals surface area contributed by atoms with Crippen LogP contribution in [-0.4, -0.2) is 10.5 Å². The first-order valence-corrected chi connectivity index (χ1v) is 6.68. The zero-order valence-corrected chi connectivity index (χ0v) is 11.3. The van der Waals surface area contributed by atoms with Crippen LogP contribution < -0.4 is 5.73 Å². The molecule has 98 valence electrons. The average Bonchev–Trinajstić information content (AvgIpc) is 3.16. The van der Waals surface area contributed by atoms with Crippen LogP contribution in [0.5, 0.6) is 0 Å². The smallest absolute Gasteiger partial charge is 0.250 e. The third kappa shape index (κ3) is 1.86. The number of hydrogen-bond donors (Lipinski definition) is 1. The molecule has 3 heteroatoms. The minimum absolute atomic E-state index is 0.327. The van der Waals surface area contributed by atoms with E-state index in [-0.39, 0.29) is 5.91 Å². The molecule has 19 heavy (non-hydrogen) atoms. The molecule has 1 aliphatic rings. The fourth-order valence-corrected chi connectivity index (χ4v) is 2.96. The Morgan fingerprint density at radius 3 is 2.37 bits per heavy atom. The summed E-state index contributed by atoms with van der Waals surface area (Å²) < 4.78 is 2.30. The summed E-state index contributed by atoms with van der Waals surface area (Å²) in [5.41, 5.74) is 10.5. The van der Waals surface area contributed by atoms with Gasteiger partial charge in [-0.2, -0.15) is 0 Å². The lowest BCUT2D eigenvalue weighted by Crippen LogP contribution is -2.13. The van der Waals surface area contributed by atoms with Gasteiger partial charge in [0.05, 0.1) is 11.3 Å². The fourth-order valence-electron chi connectivity index (χ4n) is 2.96. The number of carbonyl (C=O) groups excluding carboxylic acids is 1. The molecule has 1 aromatic carbocycles. The third-order valence-electron chi connectivity index (χ3n) is 3.90. The van der Waals surface area contributed by atoms with E-state index in [1.54, 1.807) is 0 Å². The van der Waals surface area contributed by atoms with Crippen molar-refractivity contribution in [1.29, 1.82) is 0 Å².